The Morgan fingerprint density at radius 1 is 1.35 bits per heavy atom. The predicted molar refractivity (Wildman–Crippen MR) is 79.7 cm³/mol. The van der Waals surface area contributed by atoms with Crippen LogP contribution in [0, 0.1) is 0 Å². The smallest absolute Gasteiger partial charge is 0.326 e. The SMILES string of the molecule is CCCOC(=O)Cn1c(-c2ccc(N)cc2)csc1=O. The number of carbonyl (C=O) groups excluding carboxylic acids is 1. The van der Waals surface area contributed by atoms with Crippen LogP contribution < -0.4 is 10.6 Å². The van der Waals surface area contributed by atoms with E-state index in [1.807, 2.05) is 19.1 Å². The normalized spacial score (nSPS) is 10.4. The maximum absolute atomic E-state index is 11.8. The molecule has 1 aromatic heterocycles. The molecule has 0 fully saturated rings. The quantitative estimate of drug-likeness (QED) is 0.676. The van der Waals surface area contributed by atoms with Gasteiger partial charge in [-0.3, -0.25) is 14.2 Å². The van der Waals surface area contributed by atoms with Crippen LogP contribution in [0.5, 0.6) is 0 Å². The van der Waals surface area contributed by atoms with Crippen molar-refractivity contribution in [2.45, 2.75) is 19.9 Å². The lowest BCUT2D eigenvalue weighted by Gasteiger charge is -2.08. The minimum absolute atomic E-state index is 0.0674. The molecule has 0 radical (unpaired) electrons. The van der Waals surface area contributed by atoms with Crippen molar-refractivity contribution in [2.24, 2.45) is 0 Å². The van der Waals surface area contributed by atoms with E-state index >= 15 is 0 Å². The maximum Gasteiger partial charge on any atom is 0.326 e. The van der Waals surface area contributed by atoms with E-state index in [1.165, 1.54) is 4.57 Å². The number of thiazole rings is 1. The Hall–Kier alpha value is -2.08. The molecule has 2 rings (SSSR count). The van der Waals surface area contributed by atoms with Crippen molar-refractivity contribution < 1.29 is 9.53 Å². The fourth-order valence-corrected chi connectivity index (χ4v) is 2.52. The Bertz CT molecular complexity index is 643. The van der Waals surface area contributed by atoms with Gasteiger partial charge in [-0.05, 0) is 24.1 Å². The van der Waals surface area contributed by atoms with Crippen LogP contribution in [0.3, 0.4) is 0 Å². The monoisotopic (exact) mass is 292 g/mol. The summed E-state index contributed by atoms with van der Waals surface area (Å²) in [5, 5.41) is 1.74. The maximum atomic E-state index is 11.8. The van der Waals surface area contributed by atoms with Gasteiger partial charge in [0, 0.05) is 11.1 Å². The summed E-state index contributed by atoms with van der Waals surface area (Å²) < 4.78 is 6.44. The van der Waals surface area contributed by atoms with Gasteiger partial charge >= 0.3 is 10.8 Å². The molecule has 0 saturated carbocycles. The van der Waals surface area contributed by atoms with E-state index in [1.54, 1.807) is 17.5 Å². The number of ether oxygens (including phenoxy) is 1. The van der Waals surface area contributed by atoms with Gasteiger partial charge in [-0.15, -0.1) is 0 Å². The molecule has 1 heterocycles. The standard InChI is InChI=1S/C14H16N2O3S/c1-2-7-19-13(17)8-16-12(9-20-14(16)18)10-3-5-11(15)6-4-10/h3-6,9H,2,7-8,15H2,1H3. The van der Waals surface area contributed by atoms with Crippen molar-refractivity contribution in [3.63, 3.8) is 0 Å². The van der Waals surface area contributed by atoms with Crippen LogP contribution >= 0.6 is 11.3 Å². The first-order valence-electron chi connectivity index (χ1n) is 6.31. The highest BCUT2D eigenvalue weighted by Gasteiger charge is 2.13. The third kappa shape index (κ3) is 3.27. The Morgan fingerprint density at radius 3 is 2.70 bits per heavy atom. The second-order valence-electron chi connectivity index (χ2n) is 4.32. The summed E-state index contributed by atoms with van der Waals surface area (Å²) in [7, 11) is 0. The van der Waals surface area contributed by atoms with E-state index in [0.29, 0.717) is 18.0 Å². The third-order valence-electron chi connectivity index (χ3n) is 2.74. The number of aromatic nitrogens is 1. The molecule has 5 nitrogen and oxygen atoms in total. The molecule has 0 aliphatic rings. The lowest BCUT2D eigenvalue weighted by Crippen LogP contribution is -2.22. The average molecular weight is 292 g/mol. The lowest BCUT2D eigenvalue weighted by atomic mass is 10.1. The van der Waals surface area contributed by atoms with Gasteiger partial charge in [0.05, 0.1) is 12.3 Å². The van der Waals surface area contributed by atoms with Crippen molar-refractivity contribution >= 4 is 23.0 Å². The zero-order chi connectivity index (χ0) is 14.5. The van der Waals surface area contributed by atoms with Gasteiger partial charge in [-0.25, -0.2) is 0 Å². The van der Waals surface area contributed by atoms with Gasteiger partial charge in [0.15, 0.2) is 0 Å². The summed E-state index contributed by atoms with van der Waals surface area (Å²) in [4.78, 5) is 23.3. The van der Waals surface area contributed by atoms with Crippen LogP contribution in [-0.2, 0) is 16.1 Å². The van der Waals surface area contributed by atoms with Crippen molar-refractivity contribution in [3.05, 3.63) is 39.3 Å². The largest absolute Gasteiger partial charge is 0.464 e. The molecule has 0 atom stereocenters. The third-order valence-corrected chi connectivity index (χ3v) is 3.51. The van der Waals surface area contributed by atoms with E-state index in [2.05, 4.69) is 0 Å². The lowest BCUT2D eigenvalue weighted by molar-refractivity contribution is -0.144. The first-order chi connectivity index (χ1) is 9.61. The summed E-state index contributed by atoms with van der Waals surface area (Å²) in [6.07, 6.45) is 0.759. The van der Waals surface area contributed by atoms with E-state index in [0.717, 1.165) is 23.3 Å². The van der Waals surface area contributed by atoms with E-state index < -0.39 is 5.97 Å². The number of anilines is 1. The number of hydrogen-bond donors (Lipinski definition) is 1. The van der Waals surface area contributed by atoms with Gasteiger partial charge in [0.2, 0.25) is 0 Å². The van der Waals surface area contributed by atoms with Crippen LogP contribution in [0.2, 0.25) is 0 Å². The molecule has 0 bridgehead atoms. The number of benzene rings is 1. The first kappa shape index (κ1) is 14.3. The van der Waals surface area contributed by atoms with Crippen molar-refractivity contribution in [3.8, 4) is 11.3 Å². The summed E-state index contributed by atoms with van der Waals surface area (Å²) in [6.45, 7) is 2.22. The van der Waals surface area contributed by atoms with Gasteiger partial charge in [-0.2, -0.15) is 0 Å². The molecule has 0 aliphatic carbocycles. The van der Waals surface area contributed by atoms with Crippen molar-refractivity contribution in [1.82, 2.24) is 4.57 Å². The molecule has 2 N–H and O–H groups in total. The molecular weight excluding hydrogens is 276 g/mol. The molecule has 0 spiro atoms. The van der Waals surface area contributed by atoms with Crippen LogP contribution in [0.4, 0.5) is 5.69 Å². The zero-order valence-corrected chi connectivity index (χ0v) is 12.0. The topological polar surface area (TPSA) is 74.3 Å². The van der Waals surface area contributed by atoms with E-state index in [9.17, 15) is 9.59 Å². The van der Waals surface area contributed by atoms with Gasteiger partial charge in [0.1, 0.15) is 6.54 Å². The van der Waals surface area contributed by atoms with E-state index in [-0.39, 0.29) is 11.4 Å². The Morgan fingerprint density at radius 2 is 2.05 bits per heavy atom. The number of esters is 1. The summed E-state index contributed by atoms with van der Waals surface area (Å²) in [6, 6.07) is 7.17. The van der Waals surface area contributed by atoms with Crippen LogP contribution in [0.25, 0.3) is 11.3 Å². The molecule has 0 saturated heterocycles. The number of nitrogens with two attached hydrogens (primary N) is 1. The number of nitrogens with zero attached hydrogens (tertiary/aromatic N) is 1. The molecule has 6 heteroatoms. The molecule has 2 aromatic rings. The molecule has 20 heavy (non-hydrogen) atoms. The average Bonchev–Trinajstić information content (AvgIpc) is 2.79. The van der Waals surface area contributed by atoms with Crippen LogP contribution in [0.1, 0.15) is 13.3 Å². The second-order valence-corrected chi connectivity index (χ2v) is 5.14. The second kappa shape index (κ2) is 6.38. The fraction of sp³-hybridized carbons (Fsp3) is 0.286. The first-order valence-corrected chi connectivity index (χ1v) is 7.19. The highest BCUT2D eigenvalue weighted by Crippen LogP contribution is 2.21. The summed E-state index contributed by atoms with van der Waals surface area (Å²) in [5.41, 5.74) is 7.85. The fourth-order valence-electron chi connectivity index (χ4n) is 1.75. The highest BCUT2D eigenvalue weighted by molar-refractivity contribution is 7.07. The van der Waals surface area contributed by atoms with Crippen molar-refractivity contribution in [1.29, 1.82) is 0 Å². The molecule has 0 aliphatic heterocycles. The number of hydrogen-bond acceptors (Lipinski definition) is 5. The Kier molecular flexibility index (Phi) is 4.57. The Labute approximate surface area is 120 Å². The molecule has 1 aromatic carbocycles. The number of carbonyl (C=O) groups is 1. The van der Waals surface area contributed by atoms with Gasteiger partial charge < -0.3 is 10.5 Å². The Balaban J connectivity index is 2.25. The number of nitrogen functional groups attached to an aromatic ring is 1. The molecular formula is C14H16N2O3S. The summed E-state index contributed by atoms with van der Waals surface area (Å²) >= 11 is 1.06. The number of rotatable bonds is 5. The van der Waals surface area contributed by atoms with Gasteiger partial charge in [0.25, 0.3) is 0 Å². The molecule has 106 valence electrons. The molecule has 0 unspecified atom stereocenters. The summed E-state index contributed by atoms with van der Waals surface area (Å²) in [5.74, 6) is -0.399. The predicted octanol–water partition coefficient (Wildman–Crippen LogP) is 2.11. The van der Waals surface area contributed by atoms with Crippen molar-refractivity contribution in [2.75, 3.05) is 12.3 Å². The van der Waals surface area contributed by atoms with Crippen LogP contribution in [-0.4, -0.2) is 17.1 Å². The van der Waals surface area contributed by atoms with Crippen LogP contribution in [0.15, 0.2) is 34.4 Å². The van der Waals surface area contributed by atoms with Gasteiger partial charge in [-0.1, -0.05) is 30.4 Å². The minimum atomic E-state index is -0.399. The zero-order valence-electron chi connectivity index (χ0n) is 11.2. The highest BCUT2D eigenvalue weighted by atomic mass is 32.1. The van der Waals surface area contributed by atoms with E-state index in [4.69, 9.17) is 10.5 Å². The molecule has 0 amide bonds. The minimum Gasteiger partial charge on any atom is -0.464 e.